The van der Waals surface area contributed by atoms with Crippen molar-refractivity contribution in [1.29, 1.82) is 0 Å². The Labute approximate surface area is 134 Å². The Balaban J connectivity index is 1.76. The summed E-state index contributed by atoms with van der Waals surface area (Å²) in [5.74, 6) is 0.260. The number of nitrogens with zero attached hydrogens (tertiary/aromatic N) is 5. The highest BCUT2D eigenvalue weighted by molar-refractivity contribution is 5.77. The van der Waals surface area contributed by atoms with Gasteiger partial charge >= 0.3 is 0 Å². The average Bonchev–Trinajstić information content (AvgIpc) is 3.12. The molecule has 0 aromatic carbocycles. The van der Waals surface area contributed by atoms with Gasteiger partial charge < -0.3 is 15.0 Å². The molecule has 0 spiro atoms. The standard InChI is InChI=1S/C15H22N6O2/c1-20-7-3-11(9-20)13-14-15(18-5-4-17-14)21(19-13)8-6-16-12(22)10-23-2/h4-5,11H,3,6-10H2,1-2H3,(H,16,22)/t11-/m0/s1. The van der Waals surface area contributed by atoms with Gasteiger partial charge in [-0.1, -0.05) is 0 Å². The van der Waals surface area contributed by atoms with Crippen LogP contribution >= 0.6 is 0 Å². The smallest absolute Gasteiger partial charge is 0.246 e. The summed E-state index contributed by atoms with van der Waals surface area (Å²) in [6.45, 7) is 3.19. The van der Waals surface area contributed by atoms with Gasteiger partial charge in [0.15, 0.2) is 5.65 Å². The number of methoxy groups -OCH3 is 1. The molecule has 0 radical (unpaired) electrons. The van der Waals surface area contributed by atoms with Gasteiger partial charge in [-0.05, 0) is 20.0 Å². The second-order valence-electron chi connectivity index (χ2n) is 5.87. The van der Waals surface area contributed by atoms with Crippen molar-refractivity contribution in [2.24, 2.45) is 0 Å². The normalized spacial score (nSPS) is 18.6. The molecule has 1 fully saturated rings. The number of carbonyl (C=O) groups is 1. The fraction of sp³-hybridized carbons (Fsp3) is 0.600. The van der Waals surface area contributed by atoms with E-state index in [2.05, 4.69) is 27.2 Å². The number of ether oxygens (including phenoxy) is 1. The molecule has 0 unspecified atom stereocenters. The van der Waals surface area contributed by atoms with E-state index in [4.69, 9.17) is 9.84 Å². The van der Waals surface area contributed by atoms with E-state index in [1.165, 1.54) is 7.11 Å². The second kappa shape index (κ2) is 7.01. The van der Waals surface area contributed by atoms with Crippen molar-refractivity contribution < 1.29 is 9.53 Å². The van der Waals surface area contributed by atoms with Crippen LogP contribution in [0.15, 0.2) is 12.4 Å². The van der Waals surface area contributed by atoms with Crippen LogP contribution in [0.25, 0.3) is 11.2 Å². The molecular weight excluding hydrogens is 296 g/mol. The van der Waals surface area contributed by atoms with Crippen molar-refractivity contribution >= 4 is 17.1 Å². The fourth-order valence-corrected chi connectivity index (χ4v) is 3.00. The molecule has 2 aromatic rings. The molecule has 0 bridgehead atoms. The molecule has 1 atom stereocenters. The van der Waals surface area contributed by atoms with Gasteiger partial charge in [-0.25, -0.2) is 14.6 Å². The van der Waals surface area contributed by atoms with Gasteiger partial charge in [-0.15, -0.1) is 0 Å². The van der Waals surface area contributed by atoms with Crippen LogP contribution in [0.2, 0.25) is 0 Å². The van der Waals surface area contributed by atoms with Crippen LogP contribution in [0, 0.1) is 0 Å². The second-order valence-corrected chi connectivity index (χ2v) is 5.87. The zero-order valence-electron chi connectivity index (χ0n) is 13.5. The maximum atomic E-state index is 11.4. The number of fused-ring (bicyclic) bond motifs is 1. The number of amides is 1. The molecule has 124 valence electrons. The SMILES string of the molecule is COCC(=O)NCCn1nc([C@H]2CCN(C)C2)c2nccnc21. The molecule has 3 rings (SSSR count). The molecule has 8 heteroatoms. The van der Waals surface area contributed by atoms with E-state index in [0.717, 1.165) is 36.4 Å². The van der Waals surface area contributed by atoms with Gasteiger partial charge in [0.2, 0.25) is 5.91 Å². The summed E-state index contributed by atoms with van der Waals surface area (Å²) >= 11 is 0. The molecule has 0 aliphatic carbocycles. The third-order valence-corrected chi connectivity index (χ3v) is 4.09. The third-order valence-electron chi connectivity index (χ3n) is 4.09. The Bertz CT molecular complexity index is 686. The van der Waals surface area contributed by atoms with Crippen LogP contribution in [-0.4, -0.2) is 71.0 Å². The number of likely N-dealkylation sites (N-methyl/N-ethyl adjacent to an activating group) is 1. The van der Waals surface area contributed by atoms with Crippen molar-refractivity contribution in [3.8, 4) is 0 Å². The quantitative estimate of drug-likeness (QED) is 0.807. The summed E-state index contributed by atoms with van der Waals surface area (Å²) in [7, 11) is 3.62. The minimum atomic E-state index is -0.132. The van der Waals surface area contributed by atoms with Crippen LogP contribution in [-0.2, 0) is 16.1 Å². The van der Waals surface area contributed by atoms with Gasteiger partial charge in [-0.3, -0.25) is 4.79 Å². The van der Waals surface area contributed by atoms with Crippen LogP contribution < -0.4 is 5.32 Å². The molecule has 23 heavy (non-hydrogen) atoms. The van der Waals surface area contributed by atoms with Crippen LogP contribution in [0.5, 0.6) is 0 Å². The van der Waals surface area contributed by atoms with E-state index in [0.29, 0.717) is 19.0 Å². The van der Waals surface area contributed by atoms with Crippen molar-refractivity contribution in [2.75, 3.05) is 40.4 Å². The Hall–Kier alpha value is -2.06. The lowest BCUT2D eigenvalue weighted by Crippen LogP contribution is -2.30. The molecule has 2 aromatic heterocycles. The van der Waals surface area contributed by atoms with E-state index in [9.17, 15) is 4.79 Å². The summed E-state index contributed by atoms with van der Waals surface area (Å²) in [5, 5.41) is 7.53. The van der Waals surface area contributed by atoms with E-state index in [1.807, 2.05) is 4.68 Å². The van der Waals surface area contributed by atoms with E-state index >= 15 is 0 Å². The van der Waals surface area contributed by atoms with Crippen LogP contribution in [0.3, 0.4) is 0 Å². The van der Waals surface area contributed by atoms with Gasteiger partial charge in [0.25, 0.3) is 0 Å². The highest BCUT2D eigenvalue weighted by atomic mass is 16.5. The molecule has 1 N–H and O–H groups in total. The zero-order chi connectivity index (χ0) is 16.2. The first-order valence-corrected chi connectivity index (χ1v) is 7.80. The monoisotopic (exact) mass is 318 g/mol. The highest BCUT2D eigenvalue weighted by Gasteiger charge is 2.27. The number of rotatable bonds is 6. The molecule has 1 aliphatic rings. The number of aromatic nitrogens is 4. The minimum Gasteiger partial charge on any atom is -0.375 e. The molecule has 3 heterocycles. The molecule has 0 saturated carbocycles. The van der Waals surface area contributed by atoms with Crippen molar-refractivity contribution in [2.45, 2.75) is 18.9 Å². The van der Waals surface area contributed by atoms with Gasteiger partial charge in [-0.2, -0.15) is 5.10 Å². The number of hydrogen-bond donors (Lipinski definition) is 1. The van der Waals surface area contributed by atoms with Gasteiger partial charge in [0, 0.05) is 38.5 Å². The maximum Gasteiger partial charge on any atom is 0.246 e. The molecule has 1 saturated heterocycles. The molecular formula is C15H22N6O2. The van der Waals surface area contributed by atoms with Gasteiger partial charge in [0.05, 0.1) is 12.2 Å². The summed E-state index contributed by atoms with van der Waals surface area (Å²) in [6.07, 6.45) is 4.47. The summed E-state index contributed by atoms with van der Waals surface area (Å²) < 4.78 is 6.63. The first-order valence-electron chi connectivity index (χ1n) is 7.80. The number of likely N-dealkylation sites (tertiary alicyclic amines) is 1. The Kier molecular flexibility index (Phi) is 4.82. The summed E-state index contributed by atoms with van der Waals surface area (Å²) in [5.41, 5.74) is 2.66. The lowest BCUT2D eigenvalue weighted by Gasteiger charge is -2.07. The first kappa shape index (κ1) is 15.8. The Morgan fingerprint density at radius 1 is 1.43 bits per heavy atom. The average molecular weight is 318 g/mol. The predicted octanol–water partition coefficient (Wildman–Crippen LogP) is 0.00800. The maximum absolute atomic E-state index is 11.4. The number of carbonyl (C=O) groups excluding carboxylic acids is 1. The minimum absolute atomic E-state index is 0.0688. The summed E-state index contributed by atoms with van der Waals surface area (Å²) in [6, 6.07) is 0. The Morgan fingerprint density at radius 3 is 3.00 bits per heavy atom. The van der Waals surface area contributed by atoms with Crippen molar-refractivity contribution in [3.63, 3.8) is 0 Å². The third kappa shape index (κ3) is 3.48. The molecule has 8 nitrogen and oxygen atoms in total. The van der Waals surface area contributed by atoms with E-state index < -0.39 is 0 Å². The van der Waals surface area contributed by atoms with Crippen molar-refractivity contribution in [1.82, 2.24) is 30.0 Å². The van der Waals surface area contributed by atoms with E-state index in [1.54, 1.807) is 12.4 Å². The lowest BCUT2D eigenvalue weighted by atomic mass is 10.0. The molecule has 1 amide bonds. The highest BCUT2D eigenvalue weighted by Crippen LogP contribution is 2.29. The zero-order valence-corrected chi connectivity index (χ0v) is 13.5. The topological polar surface area (TPSA) is 85.2 Å². The number of nitrogens with one attached hydrogen (secondary N) is 1. The first-order chi connectivity index (χ1) is 11.2. The Morgan fingerprint density at radius 2 is 2.26 bits per heavy atom. The van der Waals surface area contributed by atoms with Crippen LogP contribution in [0.1, 0.15) is 18.0 Å². The molecule has 1 aliphatic heterocycles. The largest absolute Gasteiger partial charge is 0.375 e. The van der Waals surface area contributed by atoms with Gasteiger partial charge in [0.1, 0.15) is 12.1 Å². The van der Waals surface area contributed by atoms with Crippen molar-refractivity contribution in [3.05, 3.63) is 18.1 Å². The van der Waals surface area contributed by atoms with E-state index in [-0.39, 0.29) is 12.5 Å². The summed E-state index contributed by atoms with van der Waals surface area (Å²) in [4.78, 5) is 22.6. The predicted molar refractivity (Wildman–Crippen MR) is 85.1 cm³/mol. The number of hydrogen-bond acceptors (Lipinski definition) is 6. The fourth-order valence-electron chi connectivity index (χ4n) is 3.00. The lowest BCUT2D eigenvalue weighted by molar-refractivity contribution is -0.124. The van der Waals surface area contributed by atoms with Crippen LogP contribution in [0.4, 0.5) is 0 Å².